The van der Waals surface area contributed by atoms with E-state index in [2.05, 4.69) is 28.1 Å². The van der Waals surface area contributed by atoms with E-state index in [0.29, 0.717) is 18.0 Å². The van der Waals surface area contributed by atoms with E-state index >= 15 is 0 Å². The second kappa shape index (κ2) is 9.80. The molecule has 1 N–H and O–H groups in total. The van der Waals surface area contributed by atoms with Crippen LogP contribution in [0.3, 0.4) is 0 Å². The molecule has 1 aliphatic heterocycles. The molecule has 1 aliphatic rings. The van der Waals surface area contributed by atoms with Gasteiger partial charge in [-0.25, -0.2) is 0 Å². The first-order chi connectivity index (χ1) is 15.5. The Morgan fingerprint density at radius 3 is 2.59 bits per heavy atom. The molecule has 0 saturated heterocycles. The van der Waals surface area contributed by atoms with Gasteiger partial charge in [-0.1, -0.05) is 23.7 Å². The van der Waals surface area contributed by atoms with E-state index < -0.39 is 0 Å². The first-order valence-corrected chi connectivity index (χ1v) is 11.3. The number of hydrogen-bond acceptors (Lipinski definition) is 3. The highest BCUT2D eigenvalue weighted by Gasteiger charge is 2.38. The molecule has 0 unspecified atom stereocenters. The summed E-state index contributed by atoms with van der Waals surface area (Å²) in [7, 11) is 5.72. The lowest BCUT2D eigenvalue weighted by molar-refractivity contribution is -0.123. The van der Waals surface area contributed by atoms with Gasteiger partial charge in [0.1, 0.15) is 5.75 Å². The average molecular weight is 452 g/mol. The van der Waals surface area contributed by atoms with Crippen LogP contribution in [0.1, 0.15) is 22.7 Å². The summed E-state index contributed by atoms with van der Waals surface area (Å²) in [5, 5.41) is 0.694. The van der Waals surface area contributed by atoms with Crippen molar-refractivity contribution in [2.45, 2.75) is 18.8 Å². The molecular formula is C26H30ClN3O2. The van der Waals surface area contributed by atoms with Crippen molar-refractivity contribution in [3.63, 3.8) is 0 Å². The van der Waals surface area contributed by atoms with Crippen LogP contribution >= 0.6 is 11.6 Å². The highest BCUT2D eigenvalue weighted by atomic mass is 35.5. The number of halogens is 1. The predicted molar refractivity (Wildman–Crippen MR) is 130 cm³/mol. The smallest absolute Gasteiger partial charge is 0.231 e. The molecule has 0 spiro atoms. The van der Waals surface area contributed by atoms with Crippen LogP contribution in [-0.4, -0.2) is 50.1 Å². The molecule has 32 heavy (non-hydrogen) atoms. The van der Waals surface area contributed by atoms with Crippen LogP contribution in [0, 0.1) is 5.92 Å². The fourth-order valence-electron chi connectivity index (χ4n) is 4.54. The molecule has 0 saturated carbocycles. The van der Waals surface area contributed by atoms with Gasteiger partial charge in [0.25, 0.3) is 0 Å². The number of nitrogens with zero attached hydrogens (tertiary/aromatic N) is 2. The molecule has 4 rings (SSSR count). The number of hydrogen-bond donors (Lipinski definition) is 1. The zero-order valence-corrected chi connectivity index (χ0v) is 19.6. The third-order valence-corrected chi connectivity index (χ3v) is 6.49. The van der Waals surface area contributed by atoms with E-state index in [-0.39, 0.29) is 17.7 Å². The van der Waals surface area contributed by atoms with Gasteiger partial charge in [0.15, 0.2) is 0 Å². The lowest BCUT2D eigenvalue weighted by Gasteiger charge is -2.29. The number of aromatic amines is 1. The quantitative estimate of drug-likeness (QED) is 0.562. The zero-order chi connectivity index (χ0) is 22.7. The number of likely N-dealkylation sites (N-methyl/N-ethyl adjacent to an activating group) is 1. The molecule has 1 amide bonds. The topological polar surface area (TPSA) is 48.6 Å². The summed E-state index contributed by atoms with van der Waals surface area (Å²) in [6, 6.07) is 18.0. The van der Waals surface area contributed by atoms with Crippen molar-refractivity contribution in [2.24, 2.45) is 5.92 Å². The average Bonchev–Trinajstić information content (AvgIpc) is 3.27. The van der Waals surface area contributed by atoms with Gasteiger partial charge in [0.05, 0.1) is 13.0 Å². The number of carbonyl (C=O) groups excluding carboxylic acids is 1. The van der Waals surface area contributed by atoms with Crippen molar-refractivity contribution in [2.75, 3.05) is 39.2 Å². The minimum atomic E-state index is -0.199. The molecule has 1 aromatic heterocycles. The summed E-state index contributed by atoms with van der Waals surface area (Å²) in [5.41, 5.74) is 4.28. The summed E-state index contributed by atoms with van der Waals surface area (Å²) < 4.78 is 5.36. The minimum Gasteiger partial charge on any atom is -0.497 e. The molecule has 2 aromatic carbocycles. The second-order valence-corrected chi connectivity index (χ2v) is 9.09. The van der Waals surface area contributed by atoms with Crippen LogP contribution in [0.4, 0.5) is 5.69 Å². The van der Waals surface area contributed by atoms with Crippen molar-refractivity contribution in [3.05, 3.63) is 82.6 Å². The fraction of sp³-hybridized carbons (Fsp3) is 0.346. The van der Waals surface area contributed by atoms with E-state index in [9.17, 15) is 4.79 Å². The largest absolute Gasteiger partial charge is 0.497 e. The molecule has 0 radical (unpaired) electrons. The Balaban J connectivity index is 1.80. The normalized spacial score (nSPS) is 18.5. The molecule has 5 nitrogen and oxygen atoms in total. The second-order valence-electron chi connectivity index (χ2n) is 8.66. The van der Waals surface area contributed by atoms with E-state index in [4.69, 9.17) is 16.3 Å². The lowest BCUT2D eigenvalue weighted by atomic mass is 9.79. The molecule has 0 bridgehead atoms. The number of methoxy groups -OCH3 is 1. The van der Waals surface area contributed by atoms with E-state index in [1.54, 1.807) is 7.11 Å². The van der Waals surface area contributed by atoms with Crippen LogP contribution in [0.2, 0.25) is 5.02 Å². The molecule has 168 valence electrons. The number of benzene rings is 2. The van der Waals surface area contributed by atoms with E-state index in [1.165, 1.54) is 0 Å². The van der Waals surface area contributed by atoms with Gasteiger partial charge in [-0.15, -0.1) is 0 Å². The Morgan fingerprint density at radius 2 is 1.94 bits per heavy atom. The number of rotatable bonds is 7. The maximum atomic E-state index is 14.1. The number of H-pyrrole nitrogens is 1. The number of amides is 1. The molecule has 3 aromatic rings. The van der Waals surface area contributed by atoms with Crippen molar-refractivity contribution in [1.82, 2.24) is 9.88 Å². The monoisotopic (exact) mass is 451 g/mol. The first kappa shape index (κ1) is 22.4. The Morgan fingerprint density at radius 1 is 1.16 bits per heavy atom. The van der Waals surface area contributed by atoms with Gasteiger partial charge in [0.2, 0.25) is 5.91 Å². The molecule has 2 heterocycles. The van der Waals surface area contributed by atoms with Crippen molar-refractivity contribution < 1.29 is 9.53 Å². The van der Waals surface area contributed by atoms with Gasteiger partial charge >= 0.3 is 0 Å². The Labute approximate surface area is 194 Å². The van der Waals surface area contributed by atoms with Gasteiger partial charge < -0.3 is 19.5 Å². The number of fused-ring (bicyclic) bond motifs is 1. The highest BCUT2D eigenvalue weighted by molar-refractivity contribution is 6.30. The fourth-order valence-corrected chi connectivity index (χ4v) is 4.74. The highest BCUT2D eigenvalue weighted by Crippen LogP contribution is 2.40. The van der Waals surface area contributed by atoms with Gasteiger partial charge in [0, 0.05) is 35.7 Å². The summed E-state index contributed by atoms with van der Waals surface area (Å²) in [6.07, 6.45) is 3.32. The third kappa shape index (κ3) is 4.84. The molecule has 0 aliphatic carbocycles. The third-order valence-electron chi connectivity index (χ3n) is 6.26. The first-order valence-electron chi connectivity index (χ1n) is 11.0. The molecule has 6 heteroatoms. The van der Waals surface area contributed by atoms with Gasteiger partial charge in [-0.3, -0.25) is 4.79 Å². The minimum absolute atomic E-state index is 0.0262. The van der Waals surface area contributed by atoms with Crippen molar-refractivity contribution in [1.29, 1.82) is 0 Å². The standard InChI is InChI=1S/C26H30ClN3O2/c1-29(2)13-14-30-25-11-8-20(27)15-19(25)16-23(18-6-9-22(32-3)10-7-18)24(26(30)31)17-21-5-4-12-28-21/h4-12,15,23-24,28H,13-14,16-17H2,1-3H3/t23-,24+/m0/s1. The lowest BCUT2D eigenvalue weighted by Crippen LogP contribution is -2.41. The zero-order valence-electron chi connectivity index (χ0n) is 18.8. The van der Waals surface area contributed by atoms with Crippen LogP contribution in [0.25, 0.3) is 0 Å². The molecular weight excluding hydrogens is 422 g/mol. The maximum absolute atomic E-state index is 14.1. The van der Waals surface area contributed by atoms with Crippen molar-refractivity contribution in [3.8, 4) is 5.75 Å². The number of ether oxygens (including phenoxy) is 1. The van der Waals surface area contributed by atoms with Crippen LogP contribution < -0.4 is 9.64 Å². The van der Waals surface area contributed by atoms with Gasteiger partial charge in [-0.05, 0) is 86.4 Å². The van der Waals surface area contributed by atoms with Gasteiger partial charge in [-0.2, -0.15) is 0 Å². The summed E-state index contributed by atoms with van der Waals surface area (Å²) >= 11 is 6.39. The van der Waals surface area contributed by atoms with E-state index in [1.807, 2.05) is 61.6 Å². The Hall–Kier alpha value is -2.76. The SMILES string of the molecule is COc1ccc([C@@H]2Cc3cc(Cl)ccc3N(CCN(C)C)C(=O)[C@@H]2Cc2ccc[nH]2)cc1. The summed E-state index contributed by atoms with van der Waals surface area (Å²) in [4.78, 5) is 21.4. The summed E-state index contributed by atoms with van der Waals surface area (Å²) in [5.74, 6) is 0.794. The molecule has 2 atom stereocenters. The maximum Gasteiger partial charge on any atom is 0.231 e. The predicted octanol–water partition coefficient (Wildman–Crippen LogP) is 4.77. The number of carbonyl (C=O) groups is 1. The molecule has 0 fully saturated rings. The van der Waals surface area contributed by atoms with Crippen LogP contribution in [0.15, 0.2) is 60.8 Å². The number of aromatic nitrogens is 1. The van der Waals surface area contributed by atoms with Crippen LogP contribution in [0.5, 0.6) is 5.75 Å². The van der Waals surface area contributed by atoms with Crippen molar-refractivity contribution >= 4 is 23.2 Å². The number of nitrogens with one attached hydrogen (secondary N) is 1. The van der Waals surface area contributed by atoms with Crippen LogP contribution in [-0.2, 0) is 17.6 Å². The Kier molecular flexibility index (Phi) is 6.87. The summed E-state index contributed by atoms with van der Waals surface area (Å²) in [6.45, 7) is 1.42. The van der Waals surface area contributed by atoms with E-state index in [0.717, 1.165) is 41.2 Å². The number of anilines is 1. The Bertz CT molecular complexity index is 1050.